The molecule has 0 radical (unpaired) electrons. The number of nitrogens with one attached hydrogen (secondary N) is 2. The van der Waals surface area contributed by atoms with Crippen LogP contribution in [0.3, 0.4) is 0 Å². The number of amides is 1. The summed E-state index contributed by atoms with van der Waals surface area (Å²) in [4.78, 5) is 16.8. The molecule has 0 unspecified atom stereocenters. The SMILES string of the molecule is CCCNCCNC(=O)c1nc(C2CC2)n(-c2ccccc2Cl)n1.Cl. The van der Waals surface area contributed by atoms with Crippen molar-refractivity contribution in [3.05, 3.63) is 40.9 Å². The van der Waals surface area contributed by atoms with Crippen LogP contribution in [0.4, 0.5) is 0 Å². The number of benzene rings is 1. The first-order chi connectivity index (χ1) is 11.7. The summed E-state index contributed by atoms with van der Waals surface area (Å²) in [7, 11) is 0. The third kappa shape index (κ3) is 4.93. The fourth-order valence-electron chi connectivity index (χ4n) is 2.47. The molecule has 6 nitrogen and oxygen atoms in total. The Labute approximate surface area is 158 Å². The number of rotatable bonds is 8. The van der Waals surface area contributed by atoms with Gasteiger partial charge in [0.05, 0.1) is 10.7 Å². The molecule has 2 N–H and O–H groups in total. The summed E-state index contributed by atoms with van der Waals surface area (Å²) >= 11 is 6.28. The topological polar surface area (TPSA) is 71.8 Å². The van der Waals surface area contributed by atoms with E-state index in [1.165, 1.54) is 0 Å². The van der Waals surface area contributed by atoms with Crippen LogP contribution in [0.5, 0.6) is 0 Å². The molecule has 0 bridgehead atoms. The van der Waals surface area contributed by atoms with Crippen molar-refractivity contribution in [2.45, 2.75) is 32.1 Å². The summed E-state index contributed by atoms with van der Waals surface area (Å²) in [5, 5.41) is 11.1. The van der Waals surface area contributed by atoms with Crippen LogP contribution in [0.15, 0.2) is 24.3 Å². The van der Waals surface area contributed by atoms with Crippen molar-refractivity contribution in [2.24, 2.45) is 0 Å². The number of carbonyl (C=O) groups is 1. The molecule has 1 aromatic carbocycles. The second-order valence-electron chi connectivity index (χ2n) is 5.94. The fraction of sp³-hybridized carbons (Fsp3) is 0.471. The molecule has 0 atom stereocenters. The fourth-order valence-corrected chi connectivity index (χ4v) is 2.69. The zero-order chi connectivity index (χ0) is 16.9. The van der Waals surface area contributed by atoms with Gasteiger partial charge in [0.1, 0.15) is 5.82 Å². The molecule has 8 heteroatoms. The van der Waals surface area contributed by atoms with E-state index in [0.717, 1.165) is 43.9 Å². The summed E-state index contributed by atoms with van der Waals surface area (Å²) in [6.45, 7) is 4.34. The van der Waals surface area contributed by atoms with Crippen LogP contribution < -0.4 is 10.6 Å². The number of para-hydroxylation sites is 1. The molecule has 1 heterocycles. The van der Waals surface area contributed by atoms with Gasteiger partial charge in [0.2, 0.25) is 5.82 Å². The van der Waals surface area contributed by atoms with Crippen LogP contribution in [-0.2, 0) is 0 Å². The zero-order valence-corrected chi connectivity index (χ0v) is 15.7. The normalized spacial score (nSPS) is 13.4. The van der Waals surface area contributed by atoms with E-state index in [9.17, 15) is 4.79 Å². The van der Waals surface area contributed by atoms with E-state index >= 15 is 0 Å². The Kier molecular flexibility index (Phi) is 7.23. The van der Waals surface area contributed by atoms with E-state index in [0.29, 0.717) is 17.5 Å². The number of carbonyl (C=O) groups excluding carboxylic acids is 1. The maximum atomic E-state index is 12.3. The largest absolute Gasteiger partial charge is 0.348 e. The van der Waals surface area contributed by atoms with Crippen molar-refractivity contribution in [3.8, 4) is 5.69 Å². The predicted octanol–water partition coefficient (Wildman–Crippen LogP) is 2.95. The zero-order valence-electron chi connectivity index (χ0n) is 14.2. The lowest BCUT2D eigenvalue weighted by atomic mass is 10.3. The molecule has 1 amide bonds. The minimum absolute atomic E-state index is 0. The Morgan fingerprint density at radius 2 is 2.04 bits per heavy atom. The number of nitrogens with zero attached hydrogens (tertiary/aromatic N) is 3. The van der Waals surface area contributed by atoms with Crippen LogP contribution in [0.1, 0.15) is 48.5 Å². The van der Waals surface area contributed by atoms with Crippen LogP contribution in [0.25, 0.3) is 5.69 Å². The molecular weight excluding hydrogens is 361 g/mol. The average Bonchev–Trinajstić information content (AvgIpc) is 3.34. The van der Waals surface area contributed by atoms with Gasteiger partial charge in [0.15, 0.2) is 0 Å². The lowest BCUT2D eigenvalue weighted by Crippen LogP contribution is -2.32. The third-order valence-corrected chi connectivity index (χ3v) is 4.19. The average molecular weight is 384 g/mol. The predicted molar refractivity (Wildman–Crippen MR) is 101 cm³/mol. The quantitative estimate of drug-likeness (QED) is 0.687. The van der Waals surface area contributed by atoms with Gasteiger partial charge in [0.25, 0.3) is 5.91 Å². The molecule has 3 rings (SSSR count). The number of aromatic nitrogens is 3. The van der Waals surface area contributed by atoms with Gasteiger partial charge in [-0.25, -0.2) is 9.67 Å². The van der Waals surface area contributed by atoms with Gasteiger partial charge in [-0.2, -0.15) is 0 Å². The van der Waals surface area contributed by atoms with Crippen molar-refractivity contribution in [1.82, 2.24) is 25.4 Å². The van der Waals surface area contributed by atoms with E-state index in [-0.39, 0.29) is 24.1 Å². The standard InChI is InChI=1S/C17H22ClN5O.ClH/c1-2-9-19-10-11-20-17(24)15-21-16(12-7-8-12)23(22-15)14-6-4-3-5-13(14)18;/h3-6,12,19H,2,7-11H2,1H3,(H,20,24);1H. The molecule has 0 saturated heterocycles. The van der Waals surface area contributed by atoms with Gasteiger partial charge in [0, 0.05) is 19.0 Å². The first-order valence-corrected chi connectivity index (χ1v) is 8.79. The van der Waals surface area contributed by atoms with Crippen LogP contribution in [-0.4, -0.2) is 40.3 Å². The van der Waals surface area contributed by atoms with Crippen molar-refractivity contribution in [2.75, 3.05) is 19.6 Å². The Bertz CT molecular complexity index is 715. The second-order valence-corrected chi connectivity index (χ2v) is 6.34. The molecule has 2 aromatic rings. The van der Waals surface area contributed by atoms with Gasteiger partial charge in [-0.05, 0) is 37.9 Å². The minimum Gasteiger partial charge on any atom is -0.348 e. The molecular formula is C17H23Cl2N5O. The highest BCUT2D eigenvalue weighted by atomic mass is 35.5. The third-order valence-electron chi connectivity index (χ3n) is 3.87. The molecule has 136 valence electrons. The molecule has 1 aromatic heterocycles. The Morgan fingerprint density at radius 3 is 2.72 bits per heavy atom. The monoisotopic (exact) mass is 383 g/mol. The lowest BCUT2D eigenvalue weighted by molar-refractivity contribution is 0.0943. The van der Waals surface area contributed by atoms with E-state index < -0.39 is 0 Å². The second kappa shape index (κ2) is 9.17. The summed E-state index contributed by atoms with van der Waals surface area (Å²) in [6, 6.07) is 7.48. The summed E-state index contributed by atoms with van der Waals surface area (Å²) in [6.07, 6.45) is 3.22. The smallest absolute Gasteiger partial charge is 0.291 e. The van der Waals surface area contributed by atoms with Gasteiger partial charge < -0.3 is 10.6 Å². The van der Waals surface area contributed by atoms with Gasteiger partial charge in [-0.3, -0.25) is 4.79 Å². The van der Waals surface area contributed by atoms with Crippen molar-refractivity contribution in [3.63, 3.8) is 0 Å². The van der Waals surface area contributed by atoms with E-state index in [4.69, 9.17) is 11.6 Å². The Morgan fingerprint density at radius 1 is 1.28 bits per heavy atom. The maximum Gasteiger partial charge on any atom is 0.291 e. The van der Waals surface area contributed by atoms with E-state index in [2.05, 4.69) is 27.6 Å². The summed E-state index contributed by atoms with van der Waals surface area (Å²) in [5.41, 5.74) is 0.761. The van der Waals surface area contributed by atoms with Crippen LogP contribution in [0.2, 0.25) is 5.02 Å². The van der Waals surface area contributed by atoms with Gasteiger partial charge in [-0.15, -0.1) is 17.5 Å². The van der Waals surface area contributed by atoms with E-state index in [1.54, 1.807) is 4.68 Å². The highest BCUT2D eigenvalue weighted by molar-refractivity contribution is 6.32. The molecule has 1 saturated carbocycles. The van der Waals surface area contributed by atoms with Crippen molar-refractivity contribution in [1.29, 1.82) is 0 Å². The van der Waals surface area contributed by atoms with Crippen molar-refractivity contribution >= 4 is 29.9 Å². The van der Waals surface area contributed by atoms with Crippen LogP contribution in [0, 0.1) is 0 Å². The van der Waals surface area contributed by atoms with Crippen LogP contribution >= 0.6 is 24.0 Å². The summed E-state index contributed by atoms with van der Waals surface area (Å²) < 4.78 is 1.71. The molecule has 1 aliphatic rings. The molecule has 1 aliphatic carbocycles. The van der Waals surface area contributed by atoms with E-state index in [1.807, 2.05) is 24.3 Å². The molecule has 0 spiro atoms. The summed E-state index contributed by atoms with van der Waals surface area (Å²) in [5.74, 6) is 1.13. The minimum atomic E-state index is -0.249. The lowest BCUT2D eigenvalue weighted by Gasteiger charge is -2.06. The molecule has 25 heavy (non-hydrogen) atoms. The number of hydrogen-bond donors (Lipinski definition) is 2. The number of halogens is 2. The Hall–Kier alpha value is -1.63. The molecule has 0 aliphatic heterocycles. The number of hydrogen-bond acceptors (Lipinski definition) is 4. The van der Waals surface area contributed by atoms with Gasteiger partial charge in [-0.1, -0.05) is 30.7 Å². The van der Waals surface area contributed by atoms with Gasteiger partial charge >= 0.3 is 0 Å². The molecule has 1 fully saturated rings. The Balaban J connectivity index is 0.00000225. The first kappa shape index (κ1) is 19.7. The maximum absolute atomic E-state index is 12.3. The first-order valence-electron chi connectivity index (χ1n) is 8.41. The van der Waals surface area contributed by atoms with Crippen molar-refractivity contribution < 1.29 is 4.79 Å². The highest BCUT2D eigenvalue weighted by Crippen LogP contribution is 2.40. The highest BCUT2D eigenvalue weighted by Gasteiger charge is 2.31.